The Bertz CT molecular complexity index is 1920. The number of nitrogens with one attached hydrogen (secondary N) is 4. The van der Waals surface area contributed by atoms with Crippen LogP contribution in [-0.2, 0) is 23.9 Å². The highest BCUT2D eigenvalue weighted by Crippen LogP contribution is 2.41. The van der Waals surface area contributed by atoms with E-state index >= 15 is 0 Å². The molecule has 0 aliphatic rings. The molecule has 8 nitrogen and oxygen atoms in total. The SMILES string of the molecule is CC(C)(C)[Si](C)(C)O[C@@H](CNCCc1cccc(NC(=O)NCCCc2ccccc2)c1)c1ccc(OCc2ccccc2)c2[nH]c(=O)ccc12. The van der Waals surface area contributed by atoms with Gasteiger partial charge in [-0.2, -0.15) is 0 Å². The molecule has 4 aromatic carbocycles. The lowest BCUT2D eigenvalue weighted by atomic mass is 10.0. The van der Waals surface area contributed by atoms with Crippen LogP contribution >= 0.6 is 0 Å². The van der Waals surface area contributed by atoms with E-state index in [1.54, 1.807) is 6.07 Å². The molecule has 1 atom stereocenters. The van der Waals surface area contributed by atoms with Crippen molar-refractivity contribution in [1.82, 2.24) is 15.6 Å². The molecule has 0 aliphatic heterocycles. The van der Waals surface area contributed by atoms with Crippen LogP contribution in [-0.4, -0.2) is 39.0 Å². The third kappa shape index (κ3) is 10.9. The largest absolute Gasteiger partial charge is 0.487 e. The van der Waals surface area contributed by atoms with Gasteiger partial charge >= 0.3 is 6.03 Å². The number of rotatable bonds is 16. The van der Waals surface area contributed by atoms with Gasteiger partial charge < -0.3 is 30.1 Å². The maximum atomic E-state index is 12.6. The summed E-state index contributed by atoms with van der Waals surface area (Å²) in [5.74, 6) is 0.628. The summed E-state index contributed by atoms with van der Waals surface area (Å²) in [7, 11) is -2.19. The van der Waals surface area contributed by atoms with Gasteiger partial charge in [0.1, 0.15) is 12.4 Å². The smallest absolute Gasteiger partial charge is 0.319 e. The number of fused-ring (bicyclic) bond motifs is 1. The maximum Gasteiger partial charge on any atom is 0.319 e. The van der Waals surface area contributed by atoms with E-state index in [0.717, 1.165) is 53.6 Å². The Morgan fingerprint density at radius 3 is 2.24 bits per heavy atom. The molecule has 5 rings (SSSR count). The molecular formula is C42H52N4O4Si. The average molecular weight is 705 g/mol. The number of amides is 2. The third-order valence-corrected chi connectivity index (χ3v) is 14.1. The summed E-state index contributed by atoms with van der Waals surface area (Å²) in [6, 6.07) is 35.5. The first-order valence-electron chi connectivity index (χ1n) is 17.9. The first-order valence-corrected chi connectivity index (χ1v) is 20.8. The van der Waals surface area contributed by atoms with Crippen molar-refractivity contribution in [3.8, 4) is 5.75 Å². The highest BCUT2D eigenvalue weighted by Gasteiger charge is 2.39. The Kier molecular flexibility index (Phi) is 12.9. The second kappa shape index (κ2) is 17.5. The molecule has 0 saturated carbocycles. The van der Waals surface area contributed by atoms with Gasteiger partial charge in [-0.1, -0.05) is 99.6 Å². The number of anilines is 1. The minimum atomic E-state index is -2.19. The predicted molar refractivity (Wildman–Crippen MR) is 211 cm³/mol. The number of benzene rings is 4. The molecule has 0 aliphatic carbocycles. The summed E-state index contributed by atoms with van der Waals surface area (Å²) in [6.07, 6.45) is 2.33. The molecule has 0 bridgehead atoms. The molecule has 0 unspecified atom stereocenters. The van der Waals surface area contributed by atoms with Crippen molar-refractivity contribution in [1.29, 1.82) is 0 Å². The van der Waals surface area contributed by atoms with Gasteiger partial charge in [0.05, 0.1) is 11.6 Å². The van der Waals surface area contributed by atoms with Gasteiger partial charge in [-0.15, -0.1) is 0 Å². The van der Waals surface area contributed by atoms with Crippen molar-refractivity contribution in [2.75, 3.05) is 25.0 Å². The van der Waals surface area contributed by atoms with Crippen LogP contribution in [0.1, 0.15) is 55.5 Å². The van der Waals surface area contributed by atoms with Gasteiger partial charge in [0.25, 0.3) is 0 Å². The third-order valence-electron chi connectivity index (χ3n) is 9.59. The highest BCUT2D eigenvalue weighted by molar-refractivity contribution is 6.74. The Morgan fingerprint density at radius 2 is 1.51 bits per heavy atom. The van der Waals surface area contributed by atoms with E-state index in [9.17, 15) is 9.59 Å². The van der Waals surface area contributed by atoms with Crippen LogP contribution < -0.4 is 26.2 Å². The number of H-pyrrole nitrogens is 1. The highest BCUT2D eigenvalue weighted by atomic mass is 28.4. The van der Waals surface area contributed by atoms with Crippen molar-refractivity contribution >= 4 is 30.9 Å². The summed E-state index contributed by atoms with van der Waals surface area (Å²) >= 11 is 0. The van der Waals surface area contributed by atoms with Crippen molar-refractivity contribution in [3.05, 3.63) is 142 Å². The number of aryl methyl sites for hydroxylation is 1. The first kappa shape index (κ1) is 37.5. The fourth-order valence-corrected chi connectivity index (χ4v) is 6.99. The lowest BCUT2D eigenvalue weighted by Gasteiger charge is -2.39. The Balaban J connectivity index is 1.23. The van der Waals surface area contributed by atoms with Crippen molar-refractivity contribution in [2.24, 2.45) is 0 Å². The Hall–Kier alpha value is -4.70. The van der Waals surface area contributed by atoms with E-state index in [4.69, 9.17) is 9.16 Å². The van der Waals surface area contributed by atoms with Crippen molar-refractivity contribution in [2.45, 2.75) is 70.9 Å². The minimum Gasteiger partial charge on any atom is -0.487 e. The van der Waals surface area contributed by atoms with E-state index in [1.807, 2.05) is 78.9 Å². The van der Waals surface area contributed by atoms with E-state index in [0.29, 0.717) is 31.0 Å². The second-order valence-corrected chi connectivity index (χ2v) is 19.3. The molecule has 0 spiro atoms. The zero-order valence-corrected chi connectivity index (χ0v) is 31.6. The molecule has 51 heavy (non-hydrogen) atoms. The van der Waals surface area contributed by atoms with E-state index in [-0.39, 0.29) is 22.7 Å². The fraction of sp³-hybridized carbons (Fsp3) is 0.333. The molecule has 9 heteroatoms. The lowest BCUT2D eigenvalue weighted by molar-refractivity contribution is 0.182. The zero-order valence-electron chi connectivity index (χ0n) is 30.6. The number of urea groups is 1. The maximum absolute atomic E-state index is 12.6. The van der Waals surface area contributed by atoms with Crippen LogP contribution in [0.2, 0.25) is 18.1 Å². The zero-order chi connectivity index (χ0) is 36.3. The molecule has 0 saturated heterocycles. The number of hydrogen-bond acceptors (Lipinski definition) is 5. The van der Waals surface area contributed by atoms with E-state index in [1.165, 1.54) is 5.56 Å². The van der Waals surface area contributed by atoms with E-state index < -0.39 is 8.32 Å². The van der Waals surface area contributed by atoms with Crippen LogP contribution in [0.5, 0.6) is 5.75 Å². The molecule has 1 aromatic heterocycles. The molecular weight excluding hydrogens is 653 g/mol. The molecule has 268 valence electrons. The molecule has 4 N–H and O–H groups in total. The average Bonchev–Trinajstić information content (AvgIpc) is 3.11. The minimum absolute atomic E-state index is 0.00965. The van der Waals surface area contributed by atoms with Crippen molar-refractivity contribution < 1.29 is 14.0 Å². The number of aromatic amines is 1. The van der Waals surface area contributed by atoms with Gasteiger partial charge in [0, 0.05) is 30.2 Å². The number of carbonyl (C=O) groups is 1. The Labute approximate surface area is 303 Å². The van der Waals surface area contributed by atoms with Crippen LogP contribution in [0.3, 0.4) is 0 Å². The van der Waals surface area contributed by atoms with Gasteiger partial charge in [0.15, 0.2) is 8.32 Å². The standard InChI is InChI=1S/C42H52N4O4Si/c1-42(2,3)51(4,5)50-38(35-21-23-37(40-36(35)22-24-39(47)46-40)49-30-33-16-10-7-11-17-33)29-43-27-25-32-18-12-20-34(28-32)45-41(48)44-26-13-19-31-14-8-6-9-15-31/h6-12,14-18,20-24,28,38,43H,13,19,25-27,29-30H2,1-5H3,(H,46,47)(H2,44,45,48)/t38-/m0/s1. The number of aromatic nitrogens is 1. The van der Waals surface area contributed by atoms with Gasteiger partial charge in [-0.25, -0.2) is 4.79 Å². The molecule has 0 radical (unpaired) electrons. The summed E-state index contributed by atoms with van der Waals surface area (Å²) in [4.78, 5) is 28.1. The number of ether oxygens (including phenoxy) is 1. The summed E-state index contributed by atoms with van der Waals surface area (Å²) < 4.78 is 13.3. The van der Waals surface area contributed by atoms with E-state index in [2.05, 4.69) is 79.1 Å². The topological polar surface area (TPSA) is 104 Å². The summed E-state index contributed by atoms with van der Waals surface area (Å²) in [6.45, 7) is 13.6. The summed E-state index contributed by atoms with van der Waals surface area (Å²) in [5.41, 5.74) is 5.70. The Morgan fingerprint density at radius 1 is 0.804 bits per heavy atom. The second-order valence-electron chi connectivity index (χ2n) is 14.5. The quantitative estimate of drug-likeness (QED) is 0.0608. The number of pyridine rings is 1. The monoisotopic (exact) mass is 704 g/mol. The van der Waals surface area contributed by atoms with Gasteiger partial charge in [-0.3, -0.25) is 4.79 Å². The van der Waals surface area contributed by atoms with Crippen LogP contribution in [0, 0.1) is 0 Å². The van der Waals surface area contributed by atoms with Crippen LogP contribution in [0.4, 0.5) is 10.5 Å². The molecule has 5 aromatic rings. The number of carbonyl (C=O) groups excluding carboxylic acids is 1. The normalized spacial score (nSPS) is 12.4. The van der Waals surface area contributed by atoms with Gasteiger partial charge in [-0.05, 0) is 90.5 Å². The molecule has 2 amide bonds. The first-order chi connectivity index (χ1) is 24.5. The molecule has 1 heterocycles. The van der Waals surface area contributed by atoms with Gasteiger partial charge in [0.2, 0.25) is 5.56 Å². The van der Waals surface area contributed by atoms with Crippen LogP contribution in [0.25, 0.3) is 10.9 Å². The molecule has 0 fully saturated rings. The number of hydrogen-bond donors (Lipinski definition) is 4. The lowest BCUT2D eigenvalue weighted by Crippen LogP contribution is -2.43. The fourth-order valence-electron chi connectivity index (χ4n) is 5.72. The predicted octanol–water partition coefficient (Wildman–Crippen LogP) is 8.76. The summed E-state index contributed by atoms with van der Waals surface area (Å²) in [5, 5.41) is 10.5. The van der Waals surface area contributed by atoms with Crippen molar-refractivity contribution in [3.63, 3.8) is 0 Å². The van der Waals surface area contributed by atoms with Crippen LogP contribution in [0.15, 0.2) is 114 Å².